The Balaban J connectivity index is 1.97. The minimum Gasteiger partial charge on any atom is -0.423 e. The van der Waals surface area contributed by atoms with Crippen LogP contribution in [0.25, 0.3) is 11.0 Å². The summed E-state index contributed by atoms with van der Waals surface area (Å²) in [6, 6.07) is 9.06. The Kier molecular flexibility index (Phi) is 3.98. The average Bonchev–Trinajstić information content (AvgIpc) is 2.45. The molecular formula is C15H11BrN2O2S. The summed E-state index contributed by atoms with van der Waals surface area (Å²) in [6.45, 7) is 0. The fraction of sp³-hybridized carbons (Fsp3) is 0.0667. The highest BCUT2D eigenvalue weighted by molar-refractivity contribution is 9.10. The summed E-state index contributed by atoms with van der Waals surface area (Å²) in [5.74, 6) is 0.637. The third-order valence-electron chi connectivity index (χ3n) is 2.99. The minimum absolute atomic E-state index is 0.348. The number of benzene rings is 1. The lowest BCUT2D eigenvalue weighted by molar-refractivity contribution is 0.559. The summed E-state index contributed by atoms with van der Waals surface area (Å²) in [7, 11) is 0. The number of nitrogens with zero attached hydrogens (tertiary/aromatic N) is 1. The van der Waals surface area contributed by atoms with Crippen LogP contribution in [0.2, 0.25) is 0 Å². The van der Waals surface area contributed by atoms with Crippen LogP contribution in [0.3, 0.4) is 0 Å². The van der Waals surface area contributed by atoms with Gasteiger partial charge in [-0.3, -0.25) is 4.98 Å². The van der Waals surface area contributed by atoms with Crippen molar-refractivity contribution >= 4 is 44.3 Å². The Morgan fingerprint density at radius 1 is 1.29 bits per heavy atom. The first-order chi connectivity index (χ1) is 10.1. The van der Waals surface area contributed by atoms with E-state index in [-0.39, 0.29) is 5.63 Å². The Bertz CT molecular complexity index is 864. The predicted octanol–water partition coefficient (Wildman–Crippen LogP) is 3.83. The highest BCUT2D eigenvalue weighted by Crippen LogP contribution is 2.30. The van der Waals surface area contributed by atoms with Gasteiger partial charge in [0.15, 0.2) is 0 Å². The highest BCUT2D eigenvalue weighted by atomic mass is 79.9. The molecule has 3 aromatic rings. The molecule has 2 heterocycles. The highest BCUT2D eigenvalue weighted by Gasteiger charge is 2.08. The van der Waals surface area contributed by atoms with E-state index in [0.29, 0.717) is 17.0 Å². The number of rotatable bonds is 3. The molecule has 0 aliphatic carbocycles. The average molecular weight is 363 g/mol. The summed E-state index contributed by atoms with van der Waals surface area (Å²) in [5.41, 5.74) is 7.67. The molecule has 2 aromatic heterocycles. The zero-order valence-corrected chi connectivity index (χ0v) is 13.3. The van der Waals surface area contributed by atoms with Crippen LogP contribution in [0.15, 0.2) is 61.3 Å². The van der Waals surface area contributed by atoms with Crippen molar-refractivity contribution in [2.24, 2.45) is 0 Å². The van der Waals surface area contributed by atoms with Gasteiger partial charge in [-0.25, -0.2) is 4.79 Å². The second-order valence-corrected chi connectivity index (χ2v) is 6.37. The second kappa shape index (κ2) is 5.91. The van der Waals surface area contributed by atoms with Crippen LogP contribution >= 0.6 is 27.7 Å². The number of hydrogen-bond donors (Lipinski definition) is 1. The molecular weight excluding hydrogens is 352 g/mol. The van der Waals surface area contributed by atoms with E-state index in [1.54, 1.807) is 30.2 Å². The fourth-order valence-electron chi connectivity index (χ4n) is 2.00. The van der Waals surface area contributed by atoms with E-state index in [0.717, 1.165) is 20.3 Å². The van der Waals surface area contributed by atoms with Gasteiger partial charge in [-0.2, -0.15) is 0 Å². The van der Waals surface area contributed by atoms with E-state index in [1.807, 2.05) is 18.2 Å². The van der Waals surface area contributed by atoms with Gasteiger partial charge in [0.25, 0.3) is 0 Å². The van der Waals surface area contributed by atoms with Crippen LogP contribution in [0.4, 0.5) is 5.69 Å². The maximum absolute atomic E-state index is 11.7. The molecule has 1 aromatic carbocycles. The van der Waals surface area contributed by atoms with Gasteiger partial charge >= 0.3 is 5.63 Å². The molecule has 0 fully saturated rings. The molecule has 0 aliphatic rings. The van der Waals surface area contributed by atoms with Crippen LogP contribution in [0.5, 0.6) is 0 Å². The third-order valence-corrected chi connectivity index (χ3v) is 4.62. The van der Waals surface area contributed by atoms with Crippen molar-refractivity contribution in [1.82, 2.24) is 4.98 Å². The van der Waals surface area contributed by atoms with Crippen molar-refractivity contribution in [2.45, 2.75) is 10.6 Å². The number of anilines is 1. The molecule has 0 aliphatic heterocycles. The normalized spacial score (nSPS) is 10.9. The predicted molar refractivity (Wildman–Crippen MR) is 88.4 cm³/mol. The molecule has 0 amide bonds. The quantitative estimate of drug-likeness (QED) is 0.566. The van der Waals surface area contributed by atoms with Gasteiger partial charge in [-0.1, -0.05) is 15.9 Å². The summed E-state index contributed by atoms with van der Waals surface area (Å²) in [6.07, 6.45) is 3.32. The minimum atomic E-state index is -0.348. The molecule has 21 heavy (non-hydrogen) atoms. The number of pyridine rings is 1. The van der Waals surface area contributed by atoms with Gasteiger partial charge in [0.05, 0.1) is 11.9 Å². The molecule has 0 saturated carbocycles. The van der Waals surface area contributed by atoms with Gasteiger partial charge in [0, 0.05) is 32.8 Å². The Morgan fingerprint density at radius 2 is 2.14 bits per heavy atom. The molecule has 0 atom stereocenters. The van der Waals surface area contributed by atoms with E-state index in [9.17, 15) is 4.79 Å². The van der Waals surface area contributed by atoms with E-state index < -0.39 is 0 Å². The van der Waals surface area contributed by atoms with E-state index >= 15 is 0 Å². The molecule has 4 nitrogen and oxygen atoms in total. The van der Waals surface area contributed by atoms with E-state index in [1.165, 1.54) is 6.07 Å². The largest absolute Gasteiger partial charge is 0.423 e. The summed E-state index contributed by atoms with van der Waals surface area (Å²) < 4.78 is 6.11. The van der Waals surface area contributed by atoms with Crippen molar-refractivity contribution in [3.8, 4) is 0 Å². The van der Waals surface area contributed by atoms with E-state index in [2.05, 4.69) is 20.9 Å². The van der Waals surface area contributed by atoms with Crippen molar-refractivity contribution in [2.75, 3.05) is 5.73 Å². The lowest BCUT2D eigenvalue weighted by atomic mass is 10.1. The van der Waals surface area contributed by atoms with Crippen LogP contribution in [-0.2, 0) is 5.75 Å². The summed E-state index contributed by atoms with van der Waals surface area (Å²) >= 11 is 4.95. The first kappa shape index (κ1) is 14.2. The van der Waals surface area contributed by atoms with Gasteiger partial charge in [-0.05, 0) is 29.8 Å². The molecule has 3 rings (SSSR count). The number of fused-ring (bicyclic) bond motifs is 1. The maximum Gasteiger partial charge on any atom is 0.336 e. The van der Waals surface area contributed by atoms with Crippen LogP contribution in [0.1, 0.15) is 5.56 Å². The number of nitrogen functional groups attached to an aromatic ring is 1. The van der Waals surface area contributed by atoms with Crippen molar-refractivity contribution < 1.29 is 4.42 Å². The number of thioether (sulfide) groups is 1. The van der Waals surface area contributed by atoms with Gasteiger partial charge in [0.2, 0.25) is 0 Å². The van der Waals surface area contributed by atoms with E-state index in [4.69, 9.17) is 10.2 Å². The van der Waals surface area contributed by atoms with Crippen molar-refractivity contribution in [3.05, 3.63) is 63.2 Å². The van der Waals surface area contributed by atoms with Crippen molar-refractivity contribution in [3.63, 3.8) is 0 Å². The Labute approximate surface area is 133 Å². The monoisotopic (exact) mass is 362 g/mol. The number of hydrogen-bond acceptors (Lipinski definition) is 5. The Hall–Kier alpha value is -1.79. The van der Waals surface area contributed by atoms with Crippen LogP contribution in [0, 0.1) is 0 Å². The smallest absolute Gasteiger partial charge is 0.336 e. The Morgan fingerprint density at radius 3 is 2.95 bits per heavy atom. The first-order valence-corrected chi connectivity index (χ1v) is 7.96. The second-order valence-electron chi connectivity index (χ2n) is 4.43. The summed E-state index contributed by atoms with van der Waals surface area (Å²) in [5, 5.41) is 0.929. The SMILES string of the molecule is Nc1cnccc1SCc1cc(=O)oc2cc(Br)ccc12. The lowest BCUT2D eigenvalue weighted by Crippen LogP contribution is -2.00. The van der Waals surface area contributed by atoms with Gasteiger partial charge < -0.3 is 10.2 Å². The molecule has 0 spiro atoms. The molecule has 0 saturated heterocycles. The summed E-state index contributed by atoms with van der Waals surface area (Å²) in [4.78, 5) is 16.6. The topological polar surface area (TPSA) is 69.1 Å². The van der Waals surface area contributed by atoms with Gasteiger partial charge in [-0.15, -0.1) is 11.8 Å². The third kappa shape index (κ3) is 3.11. The molecule has 106 valence electrons. The van der Waals surface area contributed by atoms with Crippen LogP contribution < -0.4 is 11.4 Å². The van der Waals surface area contributed by atoms with Gasteiger partial charge in [0.1, 0.15) is 5.58 Å². The zero-order valence-electron chi connectivity index (χ0n) is 10.9. The molecule has 2 N–H and O–H groups in total. The maximum atomic E-state index is 11.7. The molecule has 0 bridgehead atoms. The molecule has 0 radical (unpaired) electrons. The fourth-order valence-corrected chi connectivity index (χ4v) is 3.27. The zero-order chi connectivity index (χ0) is 14.8. The number of nitrogens with two attached hydrogens (primary N) is 1. The standard InChI is InChI=1S/C15H11BrN2O2S/c16-10-1-2-11-9(5-15(19)20-13(11)6-10)8-21-14-3-4-18-7-12(14)17/h1-7H,8,17H2. The van der Waals surface area contributed by atoms with Crippen LogP contribution in [-0.4, -0.2) is 4.98 Å². The van der Waals surface area contributed by atoms with Crippen molar-refractivity contribution in [1.29, 1.82) is 0 Å². The molecule has 0 unspecified atom stereocenters. The number of halogens is 1. The molecule has 6 heteroatoms. The lowest BCUT2D eigenvalue weighted by Gasteiger charge is -2.07. The number of aromatic nitrogens is 1. The first-order valence-electron chi connectivity index (χ1n) is 6.18.